The second kappa shape index (κ2) is 10.9. The molecule has 3 heterocycles. The lowest BCUT2D eigenvalue weighted by atomic mass is 9.96. The zero-order chi connectivity index (χ0) is 28.8. The number of pyridine rings is 1. The predicted octanol–water partition coefficient (Wildman–Crippen LogP) is 6.35. The van der Waals surface area contributed by atoms with E-state index in [4.69, 9.17) is 40.2 Å². The van der Waals surface area contributed by atoms with Gasteiger partial charge in [0, 0.05) is 29.3 Å². The van der Waals surface area contributed by atoms with Gasteiger partial charge in [0.15, 0.2) is 5.11 Å². The van der Waals surface area contributed by atoms with E-state index in [9.17, 15) is 8.42 Å². The molecule has 0 spiro atoms. The van der Waals surface area contributed by atoms with Crippen molar-refractivity contribution in [1.82, 2.24) is 14.9 Å². The summed E-state index contributed by atoms with van der Waals surface area (Å²) in [6.45, 7) is 4.05. The summed E-state index contributed by atoms with van der Waals surface area (Å²) in [6.07, 6.45) is 2.85. The first-order valence-electron chi connectivity index (χ1n) is 12.3. The van der Waals surface area contributed by atoms with Crippen LogP contribution >= 0.6 is 35.4 Å². The van der Waals surface area contributed by atoms with Gasteiger partial charge in [0.1, 0.15) is 5.75 Å². The van der Waals surface area contributed by atoms with Crippen LogP contribution in [0.15, 0.2) is 66.9 Å². The summed E-state index contributed by atoms with van der Waals surface area (Å²) >= 11 is 18.9. The molecule has 0 radical (unpaired) electrons. The van der Waals surface area contributed by atoms with Gasteiger partial charge in [-0.25, -0.2) is 8.42 Å². The molecule has 5 rings (SSSR count). The van der Waals surface area contributed by atoms with Crippen molar-refractivity contribution < 1.29 is 13.2 Å². The highest BCUT2D eigenvalue weighted by Gasteiger charge is 2.42. The molecule has 1 fully saturated rings. The van der Waals surface area contributed by atoms with Crippen LogP contribution in [0.2, 0.25) is 10.0 Å². The third-order valence-corrected chi connectivity index (χ3v) is 8.53. The van der Waals surface area contributed by atoms with E-state index in [-0.39, 0.29) is 12.1 Å². The van der Waals surface area contributed by atoms with Crippen LogP contribution in [0, 0.1) is 13.8 Å². The molecule has 208 valence electrons. The molecule has 0 amide bonds. The summed E-state index contributed by atoms with van der Waals surface area (Å²) < 4.78 is 33.9. The zero-order valence-corrected chi connectivity index (χ0v) is 25.3. The second-order valence-corrected chi connectivity index (χ2v) is 12.4. The van der Waals surface area contributed by atoms with Gasteiger partial charge >= 0.3 is 0 Å². The number of methoxy groups -OCH3 is 1. The van der Waals surface area contributed by atoms with Crippen LogP contribution in [0.1, 0.15) is 34.7 Å². The Morgan fingerprint density at radius 2 is 1.85 bits per heavy atom. The van der Waals surface area contributed by atoms with Crippen molar-refractivity contribution in [2.24, 2.45) is 0 Å². The molecule has 1 aliphatic heterocycles. The maximum absolute atomic E-state index is 11.9. The SMILES string of the molecule is COc1cc(N2C(=S)N[C@@H](c3ccccn3)[C@H]2c2cc(C)n(-c3cccc(Cl)c3Cl)c2C)ccc1NS(C)(=O)=O. The van der Waals surface area contributed by atoms with Gasteiger partial charge in [-0.1, -0.05) is 35.3 Å². The van der Waals surface area contributed by atoms with E-state index < -0.39 is 10.0 Å². The standard InChI is InChI=1S/C28H27Cl2N5O3S2/c1-16-14-19(17(2)34(16)23-10-7-8-20(29)25(23)30)27-26(22-9-5-6-13-31-22)32-28(39)35(27)18-11-12-21(24(15-18)38-3)33-40(4,36)37/h5-15,26-27,33H,1-4H3,(H,32,39)/t26-,27+/m0/s1. The first kappa shape index (κ1) is 28.2. The van der Waals surface area contributed by atoms with Crippen LogP contribution in [0.5, 0.6) is 5.75 Å². The Morgan fingerprint density at radius 3 is 2.52 bits per heavy atom. The van der Waals surface area contributed by atoms with Crippen LogP contribution < -0.4 is 19.7 Å². The predicted molar refractivity (Wildman–Crippen MR) is 165 cm³/mol. The summed E-state index contributed by atoms with van der Waals surface area (Å²) in [5, 5.41) is 4.90. The van der Waals surface area contributed by atoms with Gasteiger partial charge < -0.3 is 19.5 Å². The Labute approximate surface area is 248 Å². The van der Waals surface area contributed by atoms with Crippen molar-refractivity contribution in [2.45, 2.75) is 25.9 Å². The van der Waals surface area contributed by atoms with E-state index in [1.807, 2.05) is 55.1 Å². The van der Waals surface area contributed by atoms with Gasteiger partial charge in [-0.05, 0) is 74.1 Å². The highest BCUT2D eigenvalue weighted by Crippen LogP contribution is 2.45. The molecule has 0 aliphatic carbocycles. The highest BCUT2D eigenvalue weighted by atomic mass is 35.5. The first-order valence-corrected chi connectivity index (χ1v) is 15.4. The van der Waals surface area contributed by atoms with Crippen LogP contribution in [0.4, 0.5) is 11.4 Å². The van der Waals surface area contributed by atoms with E-state index in [1.54, 1.807) is 24.4 Å². The number of anilines is 2. The first-order chi connectivity index (χ1) is 19.0. The molecule has 0 unspecified atom stereocenters. The lowest BCUT2D eigenvalue weighted by Crippen LogP contribution is -2.29. The molecular weight excluding hydrogens is 589 g/mol. The number of benzene rings is 2. The van der Waals surface area contributed by atoms with Gasteiger partial charge in [0.05, 0.1) is 52.6 Å². The van der Waals surface area contributed by atoms with Crippen molar-refractivity contribution in [3.05, 3.63) is 99.6 Å². The molecule has 8 nitrogen and oxygen atoms in total. The normalized spacial score (nSPS) is 17.1. The van der Waals surface area contributed by atoms with Gasteiger partial charge in [-0.3, -0.25) is 9.71 Å². The molecule has 2 N–H and O–H groups in total. The quantitative estimate of drug-likeness (QED) is 0.234. The summed E-state index contributed by atoms with van der Waals surface area (Å²) in [6, 6.07) is 18.1. The summed E-state index contributed by atoms with van der Waals surface area (Å²) in [5.41, 5.74) is 5.61. The number of hydrogen-bond donors (Lipinski definition) is 2. The topological polar surface area (TPSA) is 88.5 Å². The summed E-state index contributed by atoms with van der Waals surface area (Å²) in [7, 11) is -2.01. The number of ether oxygens (including phenoxy) is 1. The number of halogens is 2. The number of nitrogens with one attached hydrogen (secondary N) is 2. The monoisotopic (exact) mass is 615 g/mol. The number of hydrogen-bond acceptors (Lipinski definition) is 5. The average molecular weight is 617 g/mol. The zero-order valence-electron chi connectivity index (χ0n) is 22.1. The van der Waals surface area contributed by atoms with E-state index in [1.165, 1.54) is 7.11 Å². The van der Waals surface area contributed by atoms with E-state index in [0.29, 0.717) is 26.6 Å². The third-order valence-electron chi connectivity index (χ3n) is 6.82. The lowest BCUT2D eigenvalue weighted by Gasteiger charge is -2.29. The van der Waals surface area contributed by atoms with Gasteiger partial charge in [0.25, 0.3) is 0 Å². The number of sulfonamides is 1. The molecule has 0 saturated carbocycles. The van der Waals surface area contributed by atoms with E-state index in [0.717, 1.165) is 40.3 Å². The number of rotatable bonds is 7. The highest BCUT2D eigenvalue weighted by molar-refractivity contribution is 7.92. The number of aromatic nitrogens is 2. The Morgan fingerprint density at radius 1 is 1.07 bits per heavy atom. The van der Waals surface area contributed by atoms with Gasteiger partial charge in [-0.2, -0.15) is 0 Å². The third kappa shape index (κ3) is 5.24. The van der Waals surface area contributed by atoms with Crippen LogP contribution in [0.3, 0.4) is 0 Å². The van der Waals surface area contributed by atoms with E-state index >= 15 is 0 Å². The number of thiocarbonyl (C=S) groups is 1. The smallest absolute Gasteiger partial charge is 0.229 e. The molecule has 1 aliphatic rings. The summed E-state index contributed by atoms with van der Waals surface area (Å²) in [5.74, 6) is 0.363. The number of nitrogens with zero attached hydrogens (tertiary/aromatic N) is 3. The van der Waals surface area contributed by atoms with Crippen molar-refractivity contribution in [2.75, 3.05) is 23.0 Å². The fraction of sp³-hybridized carbons (Fsp3) is 0.214. The largest absolute Gasteiger partial charge is 0.494 e. The van der Waals surface area contributed by atoms with Crippen LogP contribution in [0.25, 0.3) is 5.69 Å². The molecule has 0 bridgehead atoms. The van der Waals surface area contributed by atoms with Crippen molar-refractivity contribution in [3.8, 4) is 11.4 Å². The molecule has 2 aromatic heterocycles. The van der Waals surface area contributed by atoms with Gasteiger partial charge in [0.2, 0.25) is 10.0 Å². The molecular formula is C28H27Cl2N5O3S2. The number of aryl methyl sites for hydroxylation is 1. The minimum absolute atomic E-state index is 0.280. The fourth-order valence-corrected chi connectivity index (χ4v) is 6.48. The maximum Gasteiger partial charge on any atom is 0.229 e. The molecule has 2 atom stereocenters. The average Bonchev–Trinajstić information content (AvgIpc) is 3.40. The molecule has 40 heavy (non-hydrogen) atoms. The van der Waals surface area contributed by atoms with Crippen LogP contribution in [-0.2, 0) is 10.0 Å². The Hall–Kier alpha value is -3.31. The fourth-order valence-electron chi connectivity index (χ4n) is 5.19. The molecule has 12 heteroatoms. The van der Waals surface area contributed by atoms with Crippen LogP contribution in [-0.4, -0.2) is 36.4 Å². The molecule has 2 aromatic carbocycles. The van der Waals surface area contributed by atoms with Crippen molar-refractivity contribution >= 4 is 61.9 Å². The van der Waals surface area contributed by atoms with Gasteiger partial charge in [-0.15, -0.1) is 0 Å². The lowest BCUT2D eigenvalue weighted by molar-refractivity contribution is 0.417. The Kier molecular flexibility index (Phi) is 7.71. The minimum Gasteiger partial charge on any atom is -0.494 e. The maximum atomic E-state index is 11.9. The Balaban J connectivity index is 1.68. The van der Waals surface area contributed by atoms with E-state index in [2.05, 4.69) is 25.7 Å². The summed E-state index contributed by atoms with van der Waals surface area (Å²) in [4.78, 5) is 6.64. The molecule has 4 aromatic rings. The van der Waals surface area contributed by atoms with Crippen molar-refractivity contribution in [1.29, 1.82) is 0 Å². The molecule has 1 saturated heterocycles. The Bertz CT molecular complexity index is 1710. The second-order valence-electron chi connectivity index (χ2n) is 9.49. The minimum atomic E-state index is -3.50. The van der Waals surface area contributed by atoms with Crippen molar-refractivity contribution in [3.63, 3.8) is 0 Å².